The Balaban J connectivity index is 1.55. The number of benzene rings is 1. The van der Waals surface area contributed by atoms with Gasteiger partial charge in [-0.3, -0.25) is 10.1 Å². The highest BCUT2D eigenvalue weighted by Gasteiger charge is 2.15. The van der Waals surface area contributed by atoms with Crippen molar-refractivity contribution in [2.24, 2.45) is 0 Å². The Morgan fingerprint density at radius 1 is 1.23 bits per heavy atom. The molecule has 7 nitrogen and oxygen atoms in total. The highest BCUT2D eigenvalue weighted by molar-refractivity contribution is 7.13. The van der Waals surface area contributed by atoms with Gasteiger partial charge in [0.15, 0.2) is 0 Å². The Morgan fingerprint density at radius 2 is 2.04 bits per heavy atom. The zero-order valence-corrected chi connectivity index (χ0v) is 15.0. The van der Waals surface area contributed by atoms with Crippen LogP contribution in [0.15, 0.2) is 54.2 Å². The second kappa shape index (κ2) is 8.50. The van der Waals surface area contributed by atoms with Gasteiger partial charge in [-0.05, 0) is 24.6 Å². The van der Waals surface area contributed by atoms with Crippen LogP contribution >= 0.6 is 11.3 Å². The van der Waals surface area contributed by atoms with Crippen LogP contribution < -0.4 is 10.6 Å². The van der Waals surface area contributed by atoms with E-state index in [2.05, 4.69) is 25.8 Å². The van der Waals surface area contributed by atoms with Gasteiger partial charge in [0, 0.05) is 12.6 Å². The van der Waals surface area contributed by atoms with Crippen molar-refractivity contribution in [3.8, 4) is 0 Å². The van der Waals surface area contributed by atoms with E-state index in [4.69, 9.17) is 0 Å². The summed E-state index contributed by atoms with van der Waals surface area (Å²) < 4.78 is 0. The van der Waals surface area contributed by atoms with Crippen molar-refractivity contribution in [1.29, 1.82) is 0 Å². The summed E-state index contributed by atoms with van der Waals surface area (Å²) in [7, 11) is 0. The third-order valence-corrected chi connectivity index (χ3v) is 4.45. The van der Waals surface area contributed by atoms with Gasteiger partial charge in [-0.25, -0.2) is 4.98 Å². The first-order valence-corrected chi connectivity index (χ1v) is 9.02. The van der Waals surface area contributed by atoms with Crippen LogP contribution in [0.3, 0.4) is 0 Å². The molecule has 26 heavy (non-hydrogen) atoms. The summed E-state index contributed by atoms with van der Waals surface area (Å²) >= 11 is 1.25. The number of anilines is 2. The fourth-order valence-corrected chi connectivity index (χ4v) is 2.81. The average Bonchev–Trinajstić information content (AvgIpc) is 3.16. The maximum Gasteiger partial charge on any atom is 0.259 e. The minimum Gasteiger partial charge on any atom is -0.391 e. The third kappa shape index (κ3) is 4.84. The van der Waals surface area contributed by atoms with Crippen molar-refractivity contribution in [3.63, 3.8) is 0 Å². The van der Waals surface area contributed by atoms with Gasteiger partial charge >= 0.3 is 0 Å². The van der Waals surface area contributed by atoms with Gasteiger partial charge in [0.1, 0.15) is 11.3 Å². The molecule has 0 bridgehead atoms. The molecular weight excluding hydrogens is 350 g/mol. The summed E-state index contributed by atoms with van der Waals surface area (Å²) in [4.78, 5) is 16.3. The van der Waals surface area contributed by atoms with Crippen molar-refractivity contribution in [3.05, 3.63) is 65.3 Å². The van der Waals surface area contributed by atoms with E-state index < -0.39 is 6.10 Å². The number of amides is 1. The summed E-state index contributed by atoms with van der Waals surface area (Å²) in [5, 5.41) is 24.0. The van der Waals surface area contributed by atoms with Crippen LogP contribution in [-0.4, -0.2) is 38.3 Å². The van der Waals surface area contributed by atoms with Crippen LogP contribution in [0.25, 0.3) is 0 Å². The largest absolute Gasteiger partial charge is 0.391 e. The molecule has 134 valence electrons. The van der Waals surface area contributed by atoms with E-state index in [1.54, 1.807) is 17.6 Å². The molecule has 2 heterocycles. The number of pyridine rings is 1. The molecule has 0 saturated carbocycles. The molecule has 0 aliphatic rings. The van der Waals surface area contributed by atoms with Crippen LogP contribution in [0.4, 0.5) is 10.9 Å². The Hall–Kier alpha value is -2.84. The van der Waals surface area contributed by atoms with E-state index in [0.717, 1.165) is 5.56 Å². The molecule has 2 unspecified atom stereocenters. The van der Waals surface area contributed by atoms with E-state index in [1.807, 2.05) is 37.3 Å². The maximum atomic E-state index is 12.1. The number of rotatable bonds is 7. The van der Waals surface area contributed by atoms with Gasteiger partial charge in [0.25, 0.3) is 5.91 Å². The molecule has 2 atom stereocenters. The number of aliphatic hydroxyl groups excluding tert-OH is 1. The molecule has 0 fully saturated rings. The number of nitrogens with zero attached hydrogens (tertiary/aromatic N) is 3. The van der Waals surface area contributed by atoms with Gasteiger partial charge in [-0.15, -0.1) is 10.2 Å². The SMILES string of the molecule is CC(Nc1ccc(C(=O)Nc2nncs2)cn1)C(O)Cc1ccccc1. The summed E-state index contributed by atoms with van der Waals surface area (Å²) in [6.45, 7) is 1.89. The van der Waals surface area contributed by atoms with E-state index in [0.29, 0.717) is 22.9 Å². The monoisotopic (exact) mass is 369 g/mol. The molecule has 0 aliphatic carbocycles. The van der Waals surface area contributed by atoms with Crippen LogP contribution in [0, 0.1) is 0 Å². The van der Waals surface area contributed by atoms with Gasteiger partial charge in [0.2, 0.25) is 5.13 Å². The Morgan fingerprint density at radius 3 is 2.69 bits per heavy atom. The standard InChI is InChI=1S/C18H19N5O2S/c1-12(15(24)9-13-5-3-2-4-6-13)21-16-8-7-14(10-19-16)17(25)22-18-23-20-11-26-18/h2-8,10-12,15,24H,9H2,1H3,(H,19,21)(H,22,23,25). The van der Waals surface area contributed by atoms with E-state index in [9.17, 15) is 9.90 Å². The summed E-state index contributed by atoms with van der Waals surface area (Å²) in [5.74, 6) is 0.301. The van der Waals surface area contributed by atoms with Gasteiger partial charge in [0.05, 0.1) is 17.7 Å². The lowest BCUT2D eigenvalue weighted by Crippen LogP contribution is -2.32. The lowest BCUT2D eigenvalue weighted by atomic mass is 10.0. The predicted octanol–water partition coefficient (Wildman–Crippen LogP) is 2.59. The van der Waals surface area contributed by atoms with Crippen molar-refractivity contribution >= 4 is 28.2 Å². The molecule has 2 aromatic heterocycles. The van der Waals surface area contributed by atoms with E-state index in [1.165, 1.54) is 17.5 Å². The normalized spacial score (nSPS) is 13.0. The molecule has 0 saturated heterocycles. The highest BCUT2D eigenvalue weighted by atomic mass is 32.1. The molecule has 3 N–H and O–H groups in total. The number of carbonyl (C=O) groups excluding carboxylic acids is 1. The average molecular weight is 369 g/mol. The predicted molar refractivity (Wildman–Crippen MR) is 101 cm³/mol. The molecule has 1 aromatic carbocycles. The van der Waals surface area contributed by atoms with Crippen LogP contribution in [0.1, 0.15) is 22.8 Å². The number of hydrogen-bond acceptors (Lipinski definition) is 7. The minimum atomic E-state index is -0.556. The van der Waals surface area contributed by atoms with Gasteiger partial charge < -0.3 is 10.4 Å². The topological polar surface area (TPSA) is 100 Å². The van der Waals surface area contributed by atoms with Crippen molar-refractivity contribution < 1.29 is 9.90 Å². The number of carbonyl (C=O) groups is 1. The zero-order valence-electron chi connectivity index (χ0n) is 14.2. The second-order valence-corrected chi connectivity index (χ2v) is 6.65. The molecule has 0 spiro atoms. The molecule has 0 radical (unpaired) electrons. The number of nitrogens with one attached hydrogen (secondary N) is 2. The van der Waals surface area contributed by atoms with Crippen molar-refractivity contribution in [2.45, 2.75) is 25.5 Å². The summed E-state index contributed by atoms with van der Waals surface area (Å²) in [6, 6.07) is 13.0. The van der Waals surface area contributed by atoms with Crippen LogP contribution in [0.2, 0.25) is 0 Å². The molecule has 0 aliphatic heterocycles. The Labute approximate surface area is 155 Å². The molecule has 3 rings (SSSR count). The van der Waals surface area contributed by atoms with Crippen LogP contribution in [0.5, 0.6) is 0 Å². The Kier molecular flexibility index (Phi) is 5.88. The lowest BCUT2D eigenvalue weighted by molar-refractivity contribution is 0.102. The van der Waals surface area contributed by atoms with E-state index in [-0.39, 0.29) is 11.9 Å². The van der Waals surface area contributed by atoms with Gasteiger partial charge in [-0.1, -0.05) is 41.7 Å². The third-order valence-electron chi connectivity index (χ3n) is 3.85. The zero-order chi connectivity index (χ0) is 18.4. The first kappa shape index (κ1) is 18.0. The fourth-order valence-electron chi connectivity index (χ4n) is 2.37. The Bertz CT molecular complexity index is 825. The molecule has 3 aromatic rings. The summed E-state index contributed by atoms with van der Waals surface area (Å²) in [6.07, 6.45) is 1.48. The minimum absolute atomic E-state index is 0.191. The number of aromatic nitrogens is 3. The highest BCUT2D eigenvalue weighted by Crippen LogP contribution is 2.13. The number of hydrogen-bond donors (Lipinski definition) is 3. The van der Waals surface area contributed by atoms with Crippen molar-refractivity contribution in [1.82, 2.24) is 15.2 Å². The first-order chi connectivity index (χ1) is 12.6. The molecule has 8 heteroatoms. The quantitative estimate of drug-likeness (QED) is 0.592. The van der Waals surface area contributed by atoms with E-state index >= 15 is 0 Å². The maximum absolute atomic E-state index is 12.1. The lowest BCUT2D eigenvalue weighted by Gasteiger charge is -2.21. The number of aliphatic hydroxyl groups is 1. The van der Waals surface area contributed by atoms with Crippen LogP contribution in [-0.2, 0) is 6.42 Å². The summed E-state index contributed by atoms with van der Waals surface area (Å²) in [5.41, 5.74) is 3.04. The fraction of sp³-hybridized carbons (Fsp3) is 0.222. The van der Waals surface area contributed by atoms with Gasteiger partial charge in [-0.2, -0.15) is 0 Å². The second-order valence-electron chi connectivity index (χ2n) is 5.82. The van der Waals surface area contributed by atoms with Crippen molar-refractivity contribution in [2.75, 3.05) is 10.6 Å². The molecular formula is C18H19N5O2S. The first-order valence-electron chi connectivity index (χ1n) is 8.14. The molecule has 1 amide bonds. The smallest absolute Gasteiger partial charge is 0.259 e.